The third-order valence-corrected chi connectivity index (χ3v) is 3.51. The number of nitrogens with two attached hydrogens (primary N) is 1. The van der Waals surface area contributed by atoms with Crippen molar-refractivity contribution in [3.8, 4) is 11.8 Å². The summed E-state index contributed by atoms with van der Waals surface area (Å²) < 4.78 is 22.2. The number of rotatable bonds is 1. The van der Waals surface area contributed by atoms with Gasteiger partial charge < -0.3 is 0 Å². The van der Waals surface area contributed by atoms with Gasteiger partial charge in [-0.05, 0) is 43.3 Å². The molecule has 0 heterocycles. The molecular formula is C15H13NO2S. The third kappa shape index (κ3) is 3.68. The molecule has 96 valence electrons. The van der Waals surface area contributed by atoms with E-state index in [0.717, 1.165) is 11.1 Å². The van der Waals surface area contributed by atoms with Crippen molar-refractivity contribution in [2.45, 2.75) is 11.8 Å². The smallest absolute Gasteiger partial charge is 0.225 e. The first-order valence-electron chi connectivity index (χ1n) is 5.67. The summed E-state index contributed by atoms with van der Waals surface area (Å²) in [5.41, 5.74) is 2.84. The van der Waals surface area contributed by atoms with Crippen LogP contribution in [-0.4, -0.2) is 8.42 Å². The van der Waals surface area contributed by atoms with E-state index in [4.69, 9.17) is 5.14 Å². The van der Waals surface area contributed by atoms with Gasteiger partial charge in [-0.15, -0.1) is 0 Å². The first-order valence-corrected chi connectivity index (χ1v) is 7.21. The van der Waals surface area contributed by atoms with Crippen molar-refractivity contribution >= 4 is 10.0 Å². The first kappa shape index (κ1) is 13.3. The second-order valence-electron chi connectivity index (χ2n) is 4.19. The molecule has 2 rings (SSSR count). The molecule has 0 atom stereocenters. The predicted octanol–water partition coefficient (Wildman–Crippen LogP) is 2.04. The number of aryl methyl sites for hydroxylation is 1. The largest absolute Gasteiger partial charge is 0.238 e. The molecule has 2 N–H and O–H groups in total. The molecule has 0 radical (unpaired) electrons. The lowest BCUT2D eigenvalue weighted by Gasteiger charge is -1.97. The first-order chi connectivity index (χ1) is 8.95. The highest BCUT2D eigenvalue weighted by Gasteiger charge is 2.05. The Kier molecular flexibility index (Phi) is 3.70. The molecule has 0 aliphatic carbocycles. The minimum Gasteiger partial charge on any atom is -0.225 e. The van der Waals surface area contributed by atoms with E-state index in [1.165, 1.54) is 17.7 Å². The molecule has 0 aromatic heterocycles. The quantitative estimate of drug-likeness (QED) is 0.807. The summed E-state index contributed by atoms with van der Waals surface area (Å²) in [6, 6.07) is 14.1. The molecule has 0 amide bonds. The van der Waals surface area contributed by atoms with Crippen molar-refractivity contribution in [3.05, 3.63) is 65.2 Å². The van der Waals surface area contributed by atoms with Crippen LogP contribution in [0.4, 0.5) is 0 Å². The van der Waals surface area contributed by atoms with Gasteiger partial charge in [-0.2, -0.15) is 0 Å². The van der Waals surface area contributed by atoms with Crippen molar-refractivity contribution in [2.75, 3.05) is 0 Å². The van der Waals surface area contributed by atoms with E-state index < -0.39 is 10.0 Å². The van der Waals surface area contributed by atoms with Crippen LogP contribution in [-0.2, 0) is 10.0 Å². The van der Waals surface area contributed by atoms with Gasteiger partial charge in [0.05, 0.1) is 4.90 Å². The highest BCUT2D eigenvalue weighted by atomic mass is 32.2. The van der Waals surface area contributed by atoms with Crippen molar-refractivity contribution in [1.82, 2.24) is 0 Å². The maximum Gasteiger partial charge on any atom is 0.238 e. The minimum atomic E-state index is -3.64. The number of hydrogen-bond acceptors (Lipinski definition) is 2. The molecule has 0 bridgehead atoms. The van der Waals surface area contributed by atoms with Crippen LogP contribution in [0.3, 0.4) is 0 Å². The van der Waals surface area contributed by atoms with Gasteiger partial charge in [0, 0.05) is 11.1 Å². The van der Waals surface area contributed by atoms with Crippen LogP contribution in [0.15, 0.2) is 53.4 Å². The molecular weight excluding hydrogens is 258 g/mol. The van der Waals surface area contributed by atoms with Gasteiger partial charge >= 0.3 is 0 Å². The van der Waals surface area contributed by atoms with Crippen molar-refractivity contribution in [2.24, 2.45) is 5.14 Å². The minimum absolute atomic E-state index is 0.0911. The van der Waals surface area contributed by atoms with Crippen LogP contribution in [0.1, 0.15) is 16.7 Å². The molecule has 19 heavy (non-hydrogen) atoms. The average molecular weight is 271 g/mol. The van der Waals surface area contributed by atoms with Gasteiger partial charge in [-0.1, -0.05) is 29.5 Å². The fourth-order valence-corrected chi connectivity index (χ4v) is 2.02. The molecule has 0 fully saturated rings. The van der Waals surface area contributed by atoms with Crippen LogP contribution in [0.25, 0.3) is 0 Å². The third-order valence-electron chi connectivity index (χ3n) is 2.59. The molecule has 0 unspecified atom stereocenters. The van der Waals surface area contributed by atoms with Crippen LogP contribution in [0.2, 0.25) is 0 Å². The maximum absolute atomic E-state index is 11.1. The van der Waals surface area contributed by atoms with Gasteiger partial charge in [-0.3, -0.25) is 0 Å². The zero-order valence-corrected chi connectivity index (χ0v) is 11.2. The summed E-state index contributed by atoms with van der Waals surface area (Å²) in [7, 11) is -3.64. The fourth-order valence-electron chi connectivity index (χ4n) is 1.51. The molecule has 0 aliphatic rings. The number of hydrogen-bond donors (Lipinski definition) is 1. The topological polar surface area (TPSA) is 60.2 Å². The highest BCUT2D eigenvalue weighted by molar-refractivity contribution is 7.89. The van der Waals surface area contributed by atoms with E-state index in [9.17, 15) is 8.42 Å². The standard InChI is InChI=1S/C15H13NO2S/c1-12-2-4-13(5-3-12)6-7-14-8-10-15(11-9-14)19(16,17)18/h2-5,8-11H,1H3,(H2,16,17,18). The Balaban J connectivity index is 2.23. The van der Waals surface area contributed by atoms with E-state index in [-0.39, 0.29) is 4.90 Å². The second-order valence-corrected chi connectivity index (χ2v) is 5.75. The van der Waals surface area contributed by atoms with Gasteiger partial charge in [0.1, 0.15) is 0 Å². The van der Waals surface area contributed by atoms with Crippen LogP contribution < -0.4 is 5.14 Å². The lowest BCUT2D eigenvalue weighted by molar-refractivity contribution is 0.598. The summed E-state index contributed by atoms with van der Waals surface area (Å²) in [5.74, 6) is 5.99. The van der Waals surface area contributed by atoms with E-state index >= 15 is 0 Å². The van der Waals surface area contributed by atoms with E-state index in [0.29, 0.717) is 0 Å². The molecule has 2 aromatic rings. The highest BCUT2D eigenvalue weighted by Crippen LogP contribution is 2.08. The Bertz CT molecular complexity index is 733. The molecule has 0 saturated carbocycles. The molecule has 4 heteroatoms. The molecule has 2 aromatic carbocycles. The Morgan fingerprint density at radius 2 is 1.26 bits per heavy atom. The Hall–Kier alpha value is -2.09. The monoisotopic (exact) mass is 271 g/mol. The van der Waals surface area contributed by atoms with E-state index in [1.807, 2.05) is 31.2 Å². The van der Waals surface area contributed by atoms with Gasteiger partial charge in [0.25, 0.3) is 0 Å². The Morgan fingerprint density at radius 3 is 1.68 bits per heavy atom. The van der Waals surface area contributed by atoms with Crippen LogP contribution in [0, 0.1) is 18.8 Å². The average Bonchev–Trinajstić information content (AvgIpc) is 2.37. The van der Waals surface area contributed by atoms with Crippen LogP contribution >= 0.6 is 0 Å². The summed E-state index contributed by atoms with van der Waals surface area (Å²) in [6.45, 7) is 2.02. The normalized spacial score (nSPS) is 10.6. The van der Waals surface area contributed by atoms with E-state index in [2.05, 4.69) is 11.8 Å². The predicted molar refractivity (Wildman–Crippen MR) is 75.0 cm³/mol. The van der Waals surface area contributed by atoms with Gasteiger partial charge in [0.15, 0.2) is 0 Å². The van der Waals surface area contributed by atoms with Crippen LogP contribution in [0.5, 0.6) is 0 Å². The fraction of sp³-hybridized carbons (Fsp3) is 0.0667. The van der Waals surface area contributed by atoms with Crippen molar-refractivity contribution < 1.29 is 8.42 Å². The second kappa shape index (κ2) is 5.27. The zero-order chi connectivity index (χ0) is 13.9. The Labute approximate surface area is 113 Å². The number of primary sulfonamides is 1. The Morgan fingerprint density at radius 1 is 0.842 bits per heavy atom. The van der Waals surface area contributed by atoms with Gasteiger partial charge in [-0.25, -0.2) is 13.6 Å². The number of sulfonamides is 1. The summed E-state index contributed by atoms with van der Waals surface area (Å²) in [4.78, 5) is 0.0911. The summed E-state index contributed by atoms with van der Waals surface area (Å²) in [6.07, 6.45) is 0. The van der Waals surface area contributed by atoms with E-state index in [1.54, 1.807) is 12.1 Å². The lowest BCUT2D eigenvalue weighted by Crippen LogP contribution is -2.11. The number of benzene rings is 2. The summed E-state index contributed by atoms with van der Waals surface area (Å²) in [5, 5.41) is 5.02. The van der Waals surface area contributed by atoms with Gasteiger partial charge in [0.2, 0.25) is 10.0 Å². The maximum atomic E-state index is 11.1. The van der Waals surface area contributed by atoms with Crippen molar-refractivity contribution in [3.63, 3.8) is 0 Å². The molecule has 3 nitrogen and oxygen atoms in total. The van der Waals surface area contributed by atoms with Crippen molar-refractivity contribution in [1.29, 1.82) is 0 Å². The molecule has 0 saturated heterocycles. The molecule has 0 spiro atoms. The SMILES string of the molecule is Cc1ccc(C#Cc2ccc(S(N)(=O)=O)cc2)cc1. The lowest BCUT2D eigenvalue weighted by atomic mass is 10.1. The molecule has 0 aliphatic heterocycles. The summed E-state index contributed by atoms with van der Waals surface area (Å²) >= 11 is 0. The zero-order valence-electron chi connectivity index (χ0n) is 10.4.